The first-order valence-electron chi connectivity index (χ1n) is 11.6. The summed E-state index contributed by atoms with van der Waals surface area (Å²) in [7, 11) is 0. The molecule has 3 amide bonds. The molecule has 10 heteroatoms. The number of amides is 3. The number of rotatable bonds is 12. The molecule has 1 rings (SSSR count). The van der Waals surface area contributed by atoms with Gasteiger partial charge in [0.1, 0.15) is 17.4 Å². The summed E-state index contributed by atoms with van der Waals surface area (Å²) in [4.78, 5) is 48.0. The van der Waals surface area contributed by atoms with Gasteiger partial charge in [-0.25, -0.2) is 4.79 Å². The van der Waals surface area contributed by atoms with Crippen molar-refractivity contribution in [2.24, 2.45) is 5.92 Å². The predicted molar refractivity (Wildman–Crippen MR) is 130 cm³/mol. The van der Waals surface area contributed by atoms with E-state index >= 15 is 0 Å². The Morgan fingerprint density at radius 3 is 2.14 bits per heavy atom. The Hall–Kier alpha value is -3.14. The largest absolute Gasteiger partial charge is 0.508 e. The number of alkyl carbamates (subject to hydrolysis) is 1. The van der Waals surface area contributed by atoms with E-state index in [1.165, 1.54) is 19.1 Å². The number of benzene rings is 1. The number of nitrogens with one attached hydrogen (secondary N) is 3. The van der Waals surface area contributed by atoms with Gasteiger partial charge in [0.25, 0.3) is 0 Å². The van der Waals surface area contributed by atoms with Gasteiger partial charge in [0, 0.05) is 6.42 Å². The molecular weight excluding hydrogens is 454 g/mol. The van der Waals surface area contributed by atoms with Crippen molar-refractivity contribution in [2.45, 2.75) is 90.6 Å². The zero-order chi connectivity index (χ0) is 26.8. The van der Waals surface area contributed by atoms with Crippen LogP contribution in [0.4, 0.5) is 4.79 Å². The molecule has 10 nitrogen and oxygen atoms in total. The molecule has 2 unspecified atom stereocenters. The third-order valence-corrected chi connectivity index (χ3v) is 5.09. The molecule has 0 aliphatic heterocycles. The lowest BCUT2D eigenvalue weighted by Crippen LogP contribution is -2.52. The molecular formula is C25H38N3O7. The highest BCUT2D eigenvalue weighted by molar-refractivity contribution is 5.85. The Labute approximate surface area is 206 Å². The normalized spacial score (nSPS) is 14.9. The van der Waals surface area contributed by atoms with E-state index in [1.807, 2.05) is 0 Å². The molecule has 195 valence electrons. The molecule has 0 saturated heterocycles. The second-order valence-corrected chi connectivity index (χ2v) is 9.87. The van der Waals surface area contributed by atoms with Gasteiger partial charge in [-0.15, -0.1) is 0 Å². The van der Waals surface area contributed by atoms with Crippen molar-refractivity contribution in [1.29, 1.82) is 0 Å². The summed E-state index contributed by atoms with van der Waals surface area (Å²) < 4.78 is 5.17. The summed E-state index contributed by atoms with van der Waals surface area (Å²) in [5.41, 5.74) is 0.00837. The number of aliphatic hydroxyl groups excluding tert-OH is 1. The van der Waals surface area contributed by atoms with Gasteiger partial charge in [0.05, 0.1) is 18.2 Å². The molecule has 0 saturated carbocycles. The number of aromatic hydroxyl groups is 1. The average molecular weight is 493 g/mol. The first kappa shape index (κ1) is 29.9. The molecule has 0 spiro atoms. The Morgan fingerprint density at radius 1 is 1.03 bits per heavy atom. The Morgan fingerprint density at radius 2 is 1.63 bits per heavy atom. The minimum atomic E-state index is -1.11. The summed E-state index contributed by atoms with van der Waals surface area (Å²) in [6, 6.07) is 3.81. The van der Waals surface area contributed by atoms with Crippen molar-refractivity contribution in [3.05, 3.63) is 29.8 Å². The van der Waals surface area contributed by atoms with Crippen LogP contribution in [0, 0.1) is 5.92 Å². The summed E-state index contributed by atoms with van der Waals surface area (Å²) in [5, 5.41) is 28.1. The van der Waals surface area contributed by atoms with Crippen LogP contribution in [0.2, 0.25) is 0 Å². The van der Waals surface area contributed by atoms with Crippen LogP contribution in [0.5, 0.6) is 5.75 Å². The highest BCUT2D eigenvalue weighted by Crippen LogP contribution is 2.15. The number of carbonyl (C=O) groups excluding carboxylic acids is 4. The minimum absolute atomic E-state index is 0.0202. The van der Waals surface area contributed by atoms with Crippen LogP contribution in [-0.4, -0.2) is 64.2 Å². The predicted octanol–water partition coefficient (Wildman–Crippen LogP) is 1.72. The molecule has 4 atom stereocenters. The van der Waals surface area contributed by atoms with Gasteiger partial charge < -0.3 is 30.9 Å². The third-order valence-electron chi connectivity index (χ3n) is 5.09. The number of ether oxygens (including phenoxy) is 1. The maximum Gasteiger partial charge on any atom is 0.408 e. The number of phenolic OH excluding ortho intramolecular Hbond substituents is 1. The highest BCUT2D eigenvalue weighted by Gasteiger charge is 2.27. The van der Waals surface area contributed by atoms with E-state index in [0.29, 0.717) is 0 Å². The van der Waals surface area contributed by atoms with Crippen molar-refractivity contribution >= 4 is 24.2 Å². The Balaban J connectivity index is 2.85. The molecule has 0 heterocycles. The summed E-state index contributed by atoms with van der Waals surface area (Å²) >= 11 is 0. The standard InChI is InChI=1S/C25H38N3O7/c1-15(2)20(14-29)27-22(32)12-11-21(31)19(13-17-7-9-18(30)10-8-17)28-23(33)16(3)26-24(34)35-25(4,5)6/h7-10,15-16,19-21,30-31H,11-13H2,1-6H3,(H,26,34)(H,27,32)(H,28,33)/t16?,19-,20?,21-/m0/s1. The van der Waals surface area contributed by atoms with Gasteiger partial charge in [-0.05, 0) is 64.2 Å². The van der Waals surface area contributed by atoms with Crippen LogP contribution in [0.1, 0.15) is 59.9 Å². The molecule has 0 aliphatic rings. The van der Waals surface area contributed by atoms with Crippen LogP contribution in [0.3, 0.4) is 0 Å². The fourth-order valence-corrected chi connectivity index (χ4v) is 3.08. The first-order valence-corrected chi connectivity index (χ1v) is 11.6. The maximum atomic E-state index is 12.7. The molecule has 1 aromatic carbocycles. The van der Waals surface area contributed by atoms with Crippen molar-refractivity contribution < 1.29 is 34.1 Å². The lowest BCUT2D eigenvalue weighted by Gasteiger charge is -2.27. The fraction of sp³-hybridized carbons (Fsp3) is 0.600. The van der Waals surface area contributed by atoms with Crippen molar-refractivity contribution in [3.63, 3.8) is 0 Å². The molecule has 0 aliphatic carbocycles. The smallest absolute Gasteiger partial charge is 0.408 e. The number of carbonyl (C=O) groups is 3. The summed E-state index contributed by atoms with van der Waals surface area (Å²) in [5.74, 6) is -1.00. The van der Waals surface area contributed by atoms with Gasteiger partial charge in [0.2, 0.25) is 18.1 Å². The first-order chi connectivity index (χ1) is 16.2. The third kappa shape index (κ3) is 11.7. The van der Waals surface area contributed by atoms with Crippen LogP contribution in [0.25, 0.3) is 0 Å². The van der Waals surface area contributed by atoms with Crippen molar-refractivity contribution in [3.8, 4) is 5.75 Å². The molecule has 1 aromatic rings. The quantitative estimate of drug-likeness (QED) is 0.298. The number of phenols is 1. The van der Waals surface area contributed by atoms with Crippen LogP contribution < -0.4 is 16.0 Å². The molecule has 35 heavy (non-hydrogen) atoms. The van der Waals surface area contributed by atoms with E-state index in [4.69, 9.17) is 4.74 Å². The monoisotopic (exact) mass is 492 g/mol. The summed E-state index contributed by atoms with van der Waals surface area (Å²) in [6.07, 6.45) is 0.0877. The van der Waals surface area contributed by atoms with E-state index < -0.39 is 47.7 Å². The highest BCUT2D eigenvalue weighted by atomic mass is 16.6. The maximum absolute atomic E-state index is 12.7. The van der Waals surface area contributed by atoms with E-state index in [9.17, 15) is 29.4 Å². The lowest BCUT2D eigenvalue weighted by atomic mass is 9.97. The second-order valence-electron chi connectivity index (χ2n) is 9.87. The van der Waals surface area contributed by atoms with Crippen molar-refractivity contribution in [2.75, 3.05) is 0 Å². The number of hydrogen-bond donors (Lipinski definition) is 5. The minimum Gasteiger partial charge on any atom is -0.508 e. The zero-order valence-corrected chi connectivity index (χ0v) is 21.3. The van der Waals surface area contributed by atoms with E-state index in [-0.39, 0.29) is 30.9 Å². The van der Waals surface area contributed by atoms with E-state index in [1.54, 1.807) is 53.0 Å². The molecule has 1 radical (unpaired) electrons. The Bertz CT molecular complexity index is 850. The molecule has 0 bridgehead atoms. The Kier molecular flexibility index (Phi) is 11.7. The van der Waals surface area contributed by atoms with E-state index in [0.717, 1.165) is 5.56 Å². The lowest BCUT2D eigenvalue weighted by molar-refractivity contribution is -0.124. The zero-order valence-electron chi connectivity index (χ0n) is 21.3. The van der Waals surface area contributed by atoms with Gasteiger partial charge in [-0.1, -0.05) is 26.0 Å². The van der Waals surface area contributed by atoms with Crippen LogP contribution >= 0.6 is 0 Å². The van der Waals surface area contributed by atoms with Gasteiger partial charge in [-0.3, -0.25) is 14.4 Å². The van der Waals surface area contributed by atoms with Gasteiger partial charge in [0.15, 0.2) is 0 Å². The molecule has 0 fully saturated rings. The fourth-order valence-electron chi connectivity index (χ4n) is 3.08. The number of hydrogen-bond acceptors (Lipinski definition) is 7. The topological polar surface area (TPSA) is 154 Å². The van der Waals surface area contributed by atoms with Crippen molar-refractivity contribution in [1.82, 2.24) is 16.0 Å². The number of aliphatic hydroxyl groups is 1. The van der Waals surface area contributed by atoms with Crippen LogP contribution in [-0.2, 0) is 25.5 Å². The SMILES string of the molecule is CC(NC(=O)OC(C)(C)C)C(=O)N[C@@H](Cc1ccc(O)cc1)[C@@H](O)CCC(=O)NC([C]=O)C(C)C. The van der Waals surface area contributed by atoms with Gasteiger partial charge in [-0.2, -0.15) is 0 Å². The molecule has 0 aromatic heterocycles. The van der Waals surface area contributed by atoms with Crippen LogP contribution in [0.15, 0.2) is 24.3 Å². The average Bonchev–Trinajstić information content (AvgIpc) is 2.74. The van der Waals surface area contributed by atoms with E-state index in [2.05, 4.69) is 16.0 Å². The van der Waals surface area contributed by atoms with Gasteiger partial charge >= 0.3 is 6.09 Å². The second kappa shape index (κ2) is 13.7. The summed E-state index contributed by atoms with van der Waals surface area (Å²) in [6.45, 7) is 10.1. The molecule has 5 N–H and O–H groups in total.